The molecule has 0 bridgehead atoms. The predicted molar refractivity (Wildman–Crippen MR) is 133 cm³/mol. The van der Waals surface area contributed by atoms with E-state index in [1.54, 1.807) is 0 Å². The van der Waals surface area contributed by atoms with Gasteiger partial charge in [0.1, 0.15) is 18.1 Å². The number of aliphatic carboxylic acids is 3. The quantitative estimate of drug-likeness (QED) is 0.212. The molecule has 0 saturated carbocycles. The van der Waals surface area contributed by atoms with Gasteiger partial charge in [-0.2, -0.15) is 12.6 Å². The molecule has 0 amide bonds. The molecule has 2 aromatic carbocycles. The Hall–Kier alpha value is -3.38. The zero-order valence-electron chi connectivity index (χ0n) is 18.4. The summed E-state index contributed by atoms with van der Waals surface area (Å²) in [5.74, 6) is -2.75. The van der Waals surface area contributed by atoms with Gasteiger partial charge < -0.3 is 37.5 Å². The zero-order chi connectivity index (χ0) is 25.7. The van der Waals surface area contributed by atoms with Crippen LogP contribution in [0.4, 0.5) is 0 Å². The fraction of sp³-hybridized carbons (Fsp3) is 0.261. The number of nitrogens with two attached hydrogens (primary N) is 3. The maximum atomic E-state index is 10.6. The highest BCUT2D eigenvalue weighted by Gasteiger charge is 2.14. The molecule has 0 unspecified atom stereocenters. The molecule has 3 aromatic rings. The van der Waals surface area contributed by atoms with Crippen LogP contribution in [0.5, 0.6) is 0 Å². The molecule has 3 rings (SSSR count). The number of carbonyl (C=O) groups is 3. The Bertz CT molecular complexity index is 1060. The molecule has 34 heavy (non-hydrogen) atoms. The first-order valence-electron chi connectivity index (χ1n) is 10.2. The van der Waals surface area contributed by atoms with Gasteiger partial charge in [-0.05, 0) is 23.6 Å². The SMILES string of the molecule is N[C@@H](CS)C(=O)O.N[C@@H](Cc1c[nH]c2ccccc12)C(=O)O.N[C@@H](Cc1ccccc1)C(=O)O. The number of benzene rings is 2. The molecule has 11 heteroatoms. The lowest BCUT2D eigenvalue weighted by molar-refractivity contribution is -0.139. The van der Waals surface area contributed by atoms with Crippen LogP contribution in [0.3, 0.4) is 0 Å². The van der Waals surface area contributed by atoms with Crippen molar-refractivity contribution in [1.82, 2.24) is 4.98 Å². The van der Waals surface area contributed by atoms with Crippen molar-refractivity contribution in [2.45, 2.75) is 31.0 Å². The highest BCUT2D eigenvalue weighted by molar-refractivity contribution is 7.80. The molecular weight excluding hydrogens is 460 g/mol. The van der Waals surface area contributed by atoms with Crippen LogP contribution in [-0.4, -0.2) is 62.1 Å². The number of para-hydroxylation sites is 1. The molecular formula is C23H30N4O6S. The highest BCUT2D eigenvalue weighted by Crippen LogP contribution is 2.18. The van der Waals surface area contributed by atoms with E-state index >= 15 is 0 Å². The third-order valence-electron chi connectivity index (χ3n) is 4.56. The van der Waals surface area contributed by atoms with Crippen molar-refractivity contribution >= 4 is 41.4 Å². The zero-order valence-corrected chi connectivity index (χ0v) is 19.3. The van der Waals surface area contributed by atoms with Crippen molar-refractivity contribution < 1.29 is 29.7 Å². The molecule has 0 aliphatic carbocycles. The fourth-order valence-corrected chi connectivity index (χ4v) is 2.81. The topological polar surface area (TPSA) is 206 Å². The van der Waals surface area contributed by atoms with Crippen LogP contribution in [0.25, 0.3) is 10.9 Å². The Labute approximate surface area is 202 Å². The van der Waals surface area contributed by atoms with E-state index in [-0.39, 0.29) is 5.75 Å². The van der Waals surface area contributed by atoms with Crippen LogP contribution < -0.4 is 17.2 Å². The van der Waals surface area contributed by atoms with Crippen molar-refractivity contribution in [2.75, 3.05) is 5.75 Å². The number of hydrogen-bond acceptors (Lipinski definition) is 7. The van der Waals surface area contributed by atoms with Crippen LogP contribution in [0.1, 0.15) is 11.1 Å². The van der Waals surface area contributed by atoms with E-state index in [9.17, 15) is 14.4 Å². The monoisotopic (exact) mass is 490 g/mol. The number of aromatic nitrogens is 1. The fourth-order valence-electron chi connectivity index (χ4n) is 2.66. The standard InChI is InChI=1S/C11H12N2O2.C9H11NO2.C3H7NO2S/c12-9(11(14)15)5-7-6-13-10-4-2-1-3-8(7)10;10-8(9(11)12)6-7-4-2-1-3-5-7;4-2(1-7)3(5)6/h1-4,6,9,13H,5,12H2,(H,14,15);1-5,8H,6,10H2,(H,11,12);2,7H,1,4H2,(H,5,6)/t9-;8-;2-/m000/s1. The van der Waals surface area contributed by atoms with Gasteiger partial charge in [-0.25, -0.2) is 0 Å². The Kier molecular flexibility index (Phi) is 12.4. The number of rotatable bonds is 8. The molecule has 0 aliphatic rings. The predicted octanol–water partition coefficient (Wildman–Crippen LogP) is 1.09. The number of H-pyrrole nitrogens is 1. The molecule has 0 spiro atoms. The van der Waals surface area contributed by atoms with Gasteiger partial charge in [0.05, 0.1) is 0 Å². The van der Waals surface area contributed by atoms with Crippen LogP contribution >= 0.6 is 12.6 Å². The summed E-state index contributed by atoms with van der Waals surface area (Å²) in [5.41, 5.74) is 18.7. The van der Waals surface area contributed by atoms with E-state index in [1.807, 2.05) is 60.8 Å². The van der Waals surface area contributed by atoms with Crippen LogP contribution in [0.2, 0.25) is 0 Å². The molecule has 0 radical (unpaired) electrons. The van der Waals surface area contributed by atoms with E-state index in [1.165, 1.54) is 0 Å². The van der Waals surface area contributed by atoms with Gasteiger partial charge in [-0.15, -0.1) is 0 Å². The minimum absolute atomic E-state index is 0.190. The lowest BCUT2D eigenvalue weighted by atomic mass is 10.1. The lowest BCUT2D eigenvalue weighted by Gasteiger charge is -2.04. The Morgan fingerprint density at radius 3 is 1.76 bits per heavy atom. The minimum Gasteiger partial charge on any atom is -0.480 e. The summed E-state index contributed by atoms with van der Waals surface area (Å²) in [6, 6.07) is 14.6. The molecule has 10 N–H and O–H groups in total. The van der Waals surface area contributed by atoms with Gasteiger partial charge in [-0.3, -0.25) is 14.4 Å². The summed E-state index contributed by atoms with van der Waals surface area (Å²) in [5, 5.41) is 26.3. The minimum atomic E-state index is -1.00. The van der Waals surface area contributed by atoms with Gasteiger partial charge in [0.25, 0.3) is 0 Å². The maximum absolute atomic E-state index is 10.6. The maximum Gasteiger partial charge on any atom is 0.321 e. The number of thiol groups is 1. The van der Waals surface area contributed by atoms with Crippen molar-refractivity contribution in [3.8, 4) is 0 Å². The number of nitrogens with one attached hydrogen (secondary N) is 1. The Balaban J connectivity index is 0.000000274. The Morgan fingerprint density at radius 2 is 1.26 bits per heavy atom. The second kappa shape index (κ2) is 14.7. The number of carboxylic acids is 3. The first kappa shape index (κ1) is 28.7. The second-order valence-electron chi connectivity index (χ2n) is 7.27. The van der Waals surface area contributed by atoms with Crippen LogP contribution in [0, 0.1) is 0 Å². The largest absolute Gasteiger partial charge is 0.480 e. The molecule has 1 heterocycles. The van der Waals surface area contributed by atoms with E-state index < -0.39 is 36.0 Å². The molecule has 10 nitrogen and oxygen atoms in total. The highest BCUT2D eigenvalue weighted by atomic mass is 32.1. The number of aromatic amines is 1. The van der Waals surface area contributed by atoms with Gasteiger partial charge in [-0.1, -0.05) is 48.5 Å². The summed E-state index contributed by atoms with van der Waals surface area (Å²) < 4.78 is 0. The molecule has 184 valence electrons. The average Bonchev–Trinajstić information content (AvgIpc) is 3.22. The summed E-state index contributed by atoms with van der Waals surface area (Å²) in [4.78, 5) is 33.8. The van der Waals surface area contributed by atoms with Crippen molar-refractivity contribution in [3.63, 3.8) is 0 Å². The first-order valence-corrected chi connectivity index (χ1v) is 10.8. The van der Waals surface area contributed by atoms with Crippen molar-refractivity contribution in [2.24, 2.45) is 17.2 Å². The normalized spacial score (nSPS) is 12.8. The number of fused-ring (bicyclic) bond motifs is 1. The third kappa shape index (κ3) is 10.0. The Morgan fingerprint density at radius 1 is 0.765 bits per heavy atom. The van der Waals surface area contributed by atoms with Gasteiger partial charge >= 0.3 is 17.9 Å². The van der Waals surface area contributed by atoms with Crippen LogP contribution in [0.15, 0.2) is 60.8 Å². The summed E-state index contributed by atoms with van der Waals surface area (Å²) in [6.45, 7) is 0. The third-order valence-corrected chi connectivity index (χ3v) is 4.95. The average molecular weight is 491 g/mol. The van der Waals surface area contributed by atoms with E-state index in [0.29, 0.717) is 12.8 Å². The summed E-state index contributed by atoms with van der Waals surface area (Å²) in [6.07, 6.45) is 2.54. The summed E-state index contributed by atoms with van der Waals surface area (Å²) in [7, 11) is 0. The lowest BCUT2D eigenvalue weighted by Crippen LogP contribution is -2.32. The molecule has 0 fully saturated rings. The smallest absolute Gasteiger partial charge is 0.321 e. The van der Waals surface area contributed by atoms with Crippen molar-refractivity contribution in [3.05, 3.63) is 71.9 Å². The first-order chi connectivity index (χ1) is 16.1. The molecule has 3 atom stereocenters. The van der Waals surface area contributed by atoms with Crippen molar-refractivity contribution in [1.29, 1.82) is 0 Å². The summed E-state index contributed by atoms with van der Waals surface area (Å²) >= 11 is 3.65. The van der Waals surface area contributed by atoms with E-state index in [4.69, 9.17) is 32.5 Å². The van der Waals surface area contributed by atoms with Gasteiger partial charge in [0.15, 0.2) is 0 Å². The van der Waals surface area contributed by atoms with Crippen LogP contribution in [-0.2, 0) is 27.2 Å². The number of carboxylic acid groups (broad SMARTS) is 3. The second-order valence-corrected chi connectivity index (χ2v) is 7.64. The molecule has 1 aromatic heterocycles. The van der Waals surface area contributed by atoms with E-state index in [2.05, 4.69) is 17.6 Å². The van der Waals surface area contributed by atoms with Gasteiger partial charge in [0.2, 0.25) is 0 Å². The molecule has 0 aliphatic heterocycles. The van der Waals surface area contributed by atoms with E-state index in [0.717, 1.165) is 22.0 Å². The number of hydrogen-bond donors (Lipinski definition) is 8. The molecule has 0 saturated heterocycles. The van der Waals surface area contributed by atoms with Gasteiger partial charge in [0, 0.05) is 29.3 Å².